The Bertz CT molecular complexity index is 2910. The van der Waals surface area contributed by atoms with Crippen LogP contribution in [-0.2, 0) is 39.9 Å². The Hall–Kier alpha value is -7.01. The Balaban J connectivity index is 0.000000312. The van der Waals surface area contributed by atoms with E-state index in [1.54, 1.807) is 33.8 Å². The highest BCUT2D eigenvalue weighted by Crippen LogP contribution is 2.49. The fourth-order valence-electron chi connectivity index (χ4n) is 8.91. The summed E-state index contributed by atoms with van der Waals surface area (Å²) in [6, 6.07) is 46.9. The van der Waals surface area contributed by atoms with Crippen molar-refractivity contribution < 1.29 is 43.3 Å². The average Bonchev–Trinajstić information content (AvgIpc) is 4.14. The molecule has 1 aliphatic carbocycles. The number of aliphatic imine (C=N–C) groups is 1. The summed E-state index contributed by atoms with van der Waals surface area (Å²) in [5.41, 5.74) is 7.03. The van der Waals surface area contributed by atoms with Crippen molar-refractivity contribution >= 4 is 69.8 Å². The van der Waals surface area contributed by atoms with Crippen LogP contribution in [0.15, 0.2) is 162 Å². The maximum Gasteiger partial charge on any atom is 0.408 e. The van der Waals surface area contributed by atoms with E-state index in [2.05, 4.69) is 118 Å². The smallest absolute Gasteiger partial charge is 0.408 e. The number of alkyl carbamates (subject to hydrolysis) is 2. The van der Waals surface area contributed by atoms with E-state index in [0.29, 0.717) is 27.9 Å². The molecule has 0 fully saturated rings. The number of carboxylic acid groups (broad SMARTS) is 1. The third-order valence-corrected chi connectivity index (χ3v) is 16.4. The van der Waals surface area contributed by atoms with Gasteiger partial charge in [0.15, 0.2) is 5.54 Å². The summed E-state index contributed by atoms with van der Waals surface area (Å²) in [6.07, 6.45) is 2.52. The molecule has 1 aliphatic heterocycles. The summed E-state index contributed by atoms with van der Waals surface area (Å²) < 4.78 is 16.3. The highest BCUT2D eigenvalue weighted by Gasteiger charge is 2.40. The number of thioether (sulfide) groups is 2. The molecule has 6 aromatic rings. The van der Waals surface area contributed by atoms with Crippen LogP contribution >= 0.6 is 34.9 Å². The second kappa shape index (κ2) is 26.4. The number of esters is 1. The molecule has 3 atom stereocenters. The molecule has 3 N–H and O–H groups in total. The molecule has 5 aromatic carbocycles. The highest BCUT2D eigenvalue weighted by atomic mass is 32.2. The Morgan fingerprint density at radius 2 is 1.35 bits per heavy atom. The number of allylic oxidation sites excluding steroid dienone is 1. The minimum Gasteiger partial charge on any atom is -0.479 e. The van der Waals surface area contributed by atoms with Crippen molar-refractivity contribution in [3.05, 3.63) is 196 Å². The van der Waals surface area contributed by atoms with E-state index < -0.39 is 52.2 Å². The molecule has 0 radical (unpaired) electrons. The Morgan fingerprint density at radius 3 is 1.86 bits per heavy atom. The number of amides is 2. The van der Waals surface area contributed by atoms with Gasteiger partial charge in [0.25, 0.3) is 0 Å². The second-order valence-electron chi connectivity index (χ2n) is 20.2. The molecule has 2 amide bonds. The van der Waals surface area contributed by atoms with Crippen LogP contribution in [0.2, 0.25) is 0 Å². The molecule has 1 unspecified atom stereocenters. The number of Topliss-reactive ketones (excluding diaryl/α,β-unsaturated/α-hetero) is 1. The van der Waals surface area contributed by atoms with E-state index in [1.165, 1.54) is 46.7 Å². The van der Waals surface area contributed by atoms with Gasteiger partial charge in [-0.25, -0.2) is 24.2 Å². The summed E-state index contributed by atoms with van der Waals surface area (Å²) in [5, 5.41) is 17.7. The van der Waals surface area contributed by atoms with Crippen LogP contribution in [0.4, 0.5) is 9.59 Å². The minimum atomic E-state index is -1.10. The van der Waals surface area contributed by atoms with E-state index >= 15 is 0 Å². The van der Waals surface area contributed by atoms with Crippen molar-refractivity contribution in [3.8, 4) is 11.1 Å². The molecule has 13 nitrogen and oxygen atoms in total. The minimum absolute atomic E-state index is 0.0348. The molecular weight excluding hydrogens is 1030 g/mol. The number of aromatic nitrogens is 1. The summed E-state index contributed by atoms with van der Waals surface area (Å²) in [7, 11) is 0. The van der Waals surface area contributed by atoms with Gasteiger partial charge < -0.3 is 30.0 Å². The molecule has 2 aliphatic rings. The molecule has 0 saturated heterocycles. The molecule has 1 aromatic heterocycles. The van der Waals surface area contributed by atoms with Crippen LogP contribution in [0.1, 0.15) is 106 Å². The monoisotopic (exact) mass is 1090 g/mol. The zero-order chi connectivity index (χ0) is 55.2. The normalized spacial score (nSPS) is 15.8. The molecule has 0 bridgehead atoms. The number of carbonyl (C=O) groups is 5. The zero-order valence-corrected chi connectivity index (χ0v) is 46.8. The predicted octanol–water partition coefficient (Wildman–Crippen LogP) is 12.6. The molecule has 2 heterocycles. The van der Waals surface area contributed by atoms with Crippen LogP contribution < -0.4 is 10.6 Å². The first-order valence-electron chi connectivity index (χ1n) is 25.5. The number of rotatable bonds is 20. The number of ketones is 1. The van der Waals surface area contributed by atoms with Crippen molar-refractivity contribution in [3.63, 3.8) is 0 Å². The van der Waals surface area contributed by atoms with Crippen LogP contribution in [0, 0.1) is 5.92 Å². The van der Waals surface area contributed by atoms with Crippen molar-refractivity contribution in [2.24, 2.45) is 10.9 Å². The van der Waals surface area contributed by atoms with Crippen molar-refractivity contribution in [2.75, 3.05) is 18.1 Å². The van der Waals surface area contributed by atoms with Crippen LogP contribution in [-0.4, -0.2) is 86.4 Å². The predicted molar refractivity (Wildman–Crippen MR) is 308 cm³/mol. The average molecular weight is 1100 g/mol. The largest absolute Gasteiger partial charge is 0.479 e. The lowest BCUT2D eigenvalue weighted by Crippen LogP contribution is -2.46. The lowest BCUT2D eigenvalue weighted by atomic mass is 9.84. The Labute approximate surface area is 463 Å². The number of benzene rings is 5. The third kappa shape index (κ3) is 15.1. The number of ether oxygens (including phenoxy) is 3. The molecule has 8 rings (SSSR count). The van der Waals surface area contributed by atoms with Crippen molar-refractivity contribution in [1.82, 2.24) is 15.6 Å². The highest BCUT2D eigenvalue weighted by molar-refractivity contribution is 8.14. The van der Waals surface area contributed by atoms with Gasteiger partial charge in [-0.2, -0.15) is 0 Å². The maximum atomic E-state index is 13.5. The Kier molecular flexibility index (Phi) is 19.8. The molecule has 77 heavy (non-hydrogen) atoms. The SMILES string of the molecule is CC(=O)C[C@@H](/C=C/CCSC(c1ccccc1)(c1ccccc1)c1ccccc1)OC(=O)C(NC(=O)OCC1c2ccccc2-c2ccccc21)C(C)C.CC(C)(C)OC(=O)NCc1nc(C2=N[C@](C)(C(=O)O)CS2)cs1. The molecule has 0 spiro atoms. The number of nitrogens with one attached hydrogen (secondary N) is 2. The number of carboxylic acids is 1. The van der Waals surface area contributed by atoms with Gasteiger partial charge in [-0.3, -0.25) is 9.79 Å². The van der Waals surface area contributed by atoms with E-state index in [9.17, 15) is 29.1 Å². The summed E-state index contributed by atoms with van der Waals surface area (Å²) in [4.78, 5) is 70.4. The van der Waals surface area contributed by atoms with Gasteiger partial charge >= 0.3 is 24.1 Å². The van der Waals surface area contributed by atoms with E-state index in [-0.39, 0.29) is 37.2 Å². The van der Waals surface area contributed by atoms with Crippen LogP contribution in [0.3, 0.4) is 0 Å². The quantitative estimate of drug-likeness (QED) is 0.0217. The lowest BCUT2D eigenvalue weighted by Gasteiger charge is -2.35. The van der Waals surface area contributed by atoms with Gasteiger partial charge in [0.1, 0.15) is 45.9 Å². The summed E-state index contributed by atoms with van der Waals surface area (Å²) in [6.45, 7) is 12.5. The number of nitrogens with zero attached hydrogens (tertiary/aromatic N) is 2. The number of hydrogen-bond acceptors (Lipinski definition) is 13. The van der Waals surface area contributed by atoms with Gasteiger partial charge in [-0.05, 0) is 97.7 Å². The van der Waals surface area contributed by atoms with Gasteiger partial charge in [0.05, 0.1) is 11.3 Å². The first-order valence-corrected chi connectivity index (χ1v) is 28.4. The van der Waals surface area contributed by atoms with Crippen LogP contribution in [0.25, 0.3) is 11.1 Å². The maximum absolute atomic E-state index is 13.5. The number of thiazole rings is 1. The van der Waals surface area contributed by atoms with E-state index in [0.717, 1.165) is 28.0 Å². The summed E-state index contributed by atoms with van der Waals surface area (Å²) >= 11 is 4.60. The van der Waals surface area contributed by atoms with Gasteiger partial charge in [0, 0.05) is 23.5 Å². The second-order valence-corrected chi connectivity index (χ2v) is 23.4. The lowest BCUT2D eigenvalue weighted by molar-refractivity contribution is -0.151. The van der Waals surface area contributed by atoms with Crippen molar-refractivity contribution in [1.29, 1.82) is 0 Å². The number of carbonyl (C=O) groups excluding carboxylic acids is 4. The van der Waals surface area contributed by atoms with Gasteiger partial charge in [0.2, 0.25) is 0 Å². The molecule has 16 heteroatoms. The van der Waals surface area contributed by atoms with Gasteiger partial charge in [-0.15, -0.1) is 34.9 Å². The summed E-state index contributed by atoms with van der Waals surface area (Å²) in [5.74, 6) is -0.891. The topological polar surface area (TPSA) is 183 Å². The first-order chi connectivity index (χ1) is 36.9. The number of fused-ring (bicyclic) bond motifs is 3. The first kappa shape index (κ1) is 57.7. The molecule has 0 saturated carbocycles. The fourth-order valence-corrected chi connectivity index (χ4v) is 12.3. The van der Waals surface area contributed by atoms with E-state index in [1.807, 2.05) is 79.5 Å². The molecule has 402 valence electrons. The van der Waals surface area contributed by atoms with Gasteiger partial charge in [-0.1, -0.05) is 159 Å². The number of hydrogen-bond donors (Lipinski definition) is 3. The zero-order valence-electron chi connectivity index (χ0n) is 44.4. The fraction of sp³-hybridized carbons (Fsp3) is 0.328. The van der Waals surface area contributed by atoms with E-state index in [4.69, 9.17) is 14.2 Å². The third-order valence-electron chi connectivity index (χ3n) is 12.6. The van der Waals surface area contributed by atoms with Crippen LogP contribution in [0.5, 0.6) is 0 Å². The standard InChI is InChI=1S/C47H47NO5S.C14H19N3O4S2/c1-33(2)44(48-46(51)52-32-43-41-28-15-13-26-39(41)40-27-14-16-29-42(40)43)45(50)53-38(31-34(3)49)25-17-18-30-54-47(35-19-7-4-8-20-35,36-21-9-5-10-22-36)37-23-11-6-12-24-37;1-13(2,3)21-12(20)15-5-9-16-8(6-22-9)10-17-14(4,7-23-10)11(18)19/h4-17,19-29,33,38,43-44H,18,30-32H2,1-3H3,(H,48,51);6H,5,7H2,1-4H3,(H,15,20)(H,18,19)/b25-17+;/t38-,44?;14-/m10/s1. The number of aliphatic carboxylic acids is 1. The Morgan fingerprint density at radius 1 is 0.805 bits per heavy atom. The molecular formula is C61H66N4O9S3. The van der Waals surface area contributed by atoms with Crippen molar-refractivity contribution in [2.45, 2.75) is 102 Å².